The summed E-state index contributed by atoms with van der Waals surface area (Å²) >= 11 is 1.31. The number of fused-ring (bicyclic) bond motifs is 1. The summed E-state index contributed by atoms with van der Waals surface area (Å²) in [6, 6.07) is 7.59. The molecule has 144 valence electrons. The van der Waals surface area contributed by atoms with E-state index in [2.05, 4.69) is 11.6 Å². The average Bonchev–Trinajstić information content (AvgIpc) is 3.23. The van der Waals surface area contributed by atoms with Gasteiger partial charge in [-0.3, -0.25) is 9.59 Å². The summed E-state index contributed by atoms with van der Waals surface area (Å²) in [4.78, 5) is 30.3. The lowest BCUT2D eigenvalue weighted by Gasteiger charge is -2.14. The Kier molecular flexibility index (Phi) is 5.91. The number of para-hydroxylation sites is 1. The Morgan fingerprint density at radius 2 is 1.89 bits per heavy atom. The van der Waals surface area contributed by atoms with Crippen LogP contribution in [-0.4, -0.2) is 54.3 Å². The fourth-order valence-electron chi connectivity index (χ4n) is 3.04. The minimum absolute atomic E-state index is 0.419. The highest BCUT2D eigenvalue weighted by Gasteiger charge is 2.26. The predicted molar refractivity (Wildman–Crippen MR) is 105 cm³/mol. The molecule has 0 unspecified atom stereocenters. The molecule has 1 aromatic heterocycles. The highest BCUT2D eigenvalue weighted by Crippen LogP contribution is 2.16. The molecule has 1 fully saturated rings. The van der Waals surface area contributed by atoms with Gasteiger partial charge in [-0.15, -0.1) is 6.58 Å². The van der Waals surface area contributed by atoms with Crippen molar-refractivity contribution in [1.29, 1.82) is 0 Å². The number of rotatable bonds is 6. The zero-order valence-corrected chi connectivity index (χ0v) is 16.5. The predicted octanol–water partition coefficient (Wildman–Crippen LogP) is 1.35. The highest BCUT2D eigenvalue weighted by molar-refractivity contribution is 7.92. The summed E-state index contributed by atoms with van der Waals surface area (Å²) in [6.07, 6.45) is 3.46. The number of carbonyl (C=O) groups is 2. The molecule has 1 saturated heterocycles. The second-order valence-electron chi connectivity index (χ2n) is 6.38. The van der Waals surface area contributed by atoms with Gasteiger partial charge in [0.15, 0.2) is 14.6 Å². The van der Waals surface area contributed by atoms with Crippen LogP contribution in [0.2, 0.25) is 0 Å². The number of aromatic nitrogens is 1. The number of allylic oxidation sites excluding steroid dienone is 1. The standard InChI is InChI=1S/C18H21N3O4S2/c1-2-9-21-14-7-3-4-8-15(14)26-18(21)19-16(22)12-27(24,25)13-17(23)20-10-5-6-11-20/h2-4,7-8H,1,5-6,9-13H2. The molecule has 0 spiro atoms. The quantitative estimate of drug-likeness (QED) is 0.676. The molecule has 0 N–H and O–H groups in total. The number of sulfone groups is 1. The number of benzene rings is 1. The number of thiazole rings is 1. The van der Waals surface area contributed by atoms with Crippen molar-refractivity contribution in [2.24, 2.45) is 4.99 Å². The molecular weight excluding hydrogens is 386 g/mol. The lowest BCUT2D eigenvalue weighted by atomic mass is 10.3. The van der Waals surface area contributed by atoms with Gasteiger partial charge in [-0.25, -0.2) is 8.42 Å². The summed E-state index contributed by atoms with van der Waals surface area (Å²) in [7, 11) is -3.85. The fourth-order valence-corrected chi connectivity index (χ4v) is 5.19. The van der Waals surface area contributed by atoms with Crippen LogP contribution in [-0.2, 0) is 26.0 Å². The van der Waals surface area contributed by atoms with Crippen molar-refractivity contribution >= 4 is 43.2 Å². The summed E-state index contributed by atoms with van der Waals surface area (Å²) < 4.78 is 27.2. The van der Waals surface area contributed by atoms with Crippen LogP contribution in [0, 0.1) is 0 Å². The van der Waals surface area contributed by atoms with Crippen molar-refractivity contribution in [3.8, 4) is 0 Å². The number of amides is 2. The van der Waals surface area contributed by atoms with Gasteiger partial charge in [0.2, 0.25) is 5.91 Å². The highest BCUT2D eigenvalue weighted by atomic mass is 32.2. The van der Waals surface area contributed by atoms with Gasteiger partial charge >= 0.3 is 0 Å². The third-order valence-corrected chi connectivity index (χ3v) is 6.70. The van der Waals surface area contributed by atoms with Crippen molar-refractivity contribution in [3.05, 3.63) is 41.7 Å². The zero-order chi connectivity index (χ0) is 19.4. The number of hydrogen-bond donors (Lipinski definition) is 0. The molecule has 1 aliphatic rings. The second kappa shape index (κ2) is 8.18. The summed E-state index contributed by atoms with van der Waals surface area (Å²) in [5, 5.41) is 0. The summed E-state index contributed by atoms with van der Waals surface area (Å²) in [5.41, 5.74) is 0.904. The van der Waals surface area contributed by atoms with Gasteiger partial charge in [-0.1, -0.05) is 29.5 Å². The first-order chi connectivity index (χ1) is 12.9. The molecule has 0 aliphatic carbocycles. The molecule has 2 aromatic rings. The molecule has 0 atom stereocenters. The number of nitrogens with zero attached hydrogens (tertiary/aromatic N) is 3. The molecule has 0 saturated carbocycles. The second-order valence-corrected chi connectivity index (χ2v) is 9.45. The molecule has 1 aromatic carbocycles. The molecule has 0 radical (unpaired) electrons. The number of hydrogen-bond acceptors (Lipinski definition) is 5. The van der Waals surface area contributed by atoms with E-state index in [1.807, 2.05) is 28.8 Å². The Balaban J connectivity index is 1.79. The van der Waals surface area contributed by atoms with Crippen LogP contribution in [0.1, 0.15) is 12.8 Å². The van der Waals surface area contributed by atoms with E-state index in [9.17, 15) is 18.0 Å². The van der Waals surface area contributed by atoms with Gasteiger partial charge in [-0.05, 0) is 25.0 Å². The van der Waals surface area contributed by atoms with E-state index in [0.29, 0.717) is 24.4 Å². The maximum atomic E-state index is 12.3. The van der Waals surface area contributed by atoms with Gasteiger partial charge in [-0.2, -0.15) is 4.99 Å². The third kappa shape index (κ3) is 4.72. The van der Waals surface area contributed by atoms with Crippen LogP contribution < -0.4 is 4.80 Å². The van der Waals surface area contributed by atoms with E-state index < -0.39 is 33.2 Å². The molecule has 2 heterocycles. The number of likely N-dealkylation sites (tertiary alicyclic amines) is 1. The molecule has 3 rings (SSSR count). The molecule has 1 aliphatic heterocycles. The van der Waals surface area contributed by atoms with E-state index in [-0.39, 0.29) is 0 Å². The van der Waals surface area contributed by atoms with Crippen molar-refractivity contribution in [1.82, 2.24) is 9.47 Å². The van der Waals surface area contributed by atoms with Crippen LogP contribution in [0.4, 0.5) is 0 Å². The zero-order valence-electron chi connectivity index (χ0n) is 14.8. The maximum absolute atomic E-state index is 12.3. The van der Waals surface area contributed by atoms with E-state index in [1.165, 1.54) is 16.2 Å². The molecule has 2 amide bonds. The molecule has 9 heteroatoms. The van der Waals surface area contributed by atoms with E-state index in [1.54, 1.807) is 6.08 Å². The fraction of sp³-hybridized carbons (Fsp3) is 0.389. The molecule has 27 heavy (non-hydrogen) atoms. The van der Waals surface area contributed by atoms with Crippen molar-refractivity contribution in [2.75, 3.05) is 24.6 Å². The first-order valence-electron chi connectivity index (χ1n) is 8.64. The van der Waals surface area contributed by atoms with Gasteiger partial charge in [0.25, 0.3) is 5.91 Å². The maximum Gasteiger partial charge on any atom is 0.263 e. The number of carbonyl (C=O) groups excluding carboxylic acids is 2. The van der Waals surface area contributed by atoms with Crippen LogP contribution in [0.3, 0.4) is 0 Å². The topological polar surface area (TPSA) is 88.8 Å². The van der Waals surface area contributed by atoms with Gasteiger partial charge in [0.1, 0.15) is 11.5 Å². The van der Waals surface area contributed by atoms with Crippen molar-refractivity contribution < 1.29 is 18.0 Å². The lowest BCUT2D eigenvalue weighted by molar-refractivity contribution is -0.127. The molecular formula is C18H21N3O4S2. The summed E-state index contributed by atoms with van der Waals surface area (Å²) in [6.45, 7) is 5.33. The monoisotopic (exact) mass is 407 g/mol. The Hall–Kier alpha value is -2.26. The Morgan fingerprint density at radius 1 is 1.19 bits per heavy atom. The SMILES string of the molecule is C=CCn1c(=NC(=O)CS(=O)(=O)CC(=O)N2CCCC2)sc2ccccc21. The molecule has 7 nitrogen and oxygen atoms in total. The van der Waals surface area contributed by atoms with Crippen molar-refractivity contribution in [2.45, 2.75) is 19.4 Å². The van der Waals surface area contributed by atoms with Gasteiger partial charge in [0.05, 0.1) is 10.2 Å². The van der Waals surface area contributed by atoms with Crippen molar-refractivity contribution in [3.63, 3.8) is 0 Å². The van der Waals surface area contributed by atoms with Gasteiger partial charge in [0, 0.05) is 19.6 Å². The lowest BCUT2D eigenvalue weighted by Crippen LogP contribution is -2.35. The minimum Gasteiger partial charge on any atom is -0.342 e. The van der Waals surface area contributed by atoms with Crippen LogP contribution in [0.5, 0.6) is 0 Å². The Morgan fingerprint density at radius 3 is 2.59 bits per heavy atom. The molecule has 0 bridgehead atoms. The largest absolute Gasteiger partial charge is 0.342 e. The van der Waals surface area contributed by atoms with E-state index in [4.69, 9.17) is 0 Å². The smallest absolute Gasteiger partial charge is 0.263 e. The van der Waals surface area contributed by atoms with Gasteiger partial charge < -0.3 is 9.47 Å². The Labute approximate surface area is 161 Å². The summed E-state index contributed by atoms with van der Waals surface area (Å²) in [5.74, 6) is -2.63. The van der Waals surface area contributed by atoms with Crippen LogP contribution >= 0.6 is 11.3 Å². The minimum atomic E-state index is -3.85. The first-order valence-corrected chi connectivity index (χ1v) is 11.3. The van der Waals surface area contributed by atoms with Crippen LogP contribution in [0.25, 0.3) is 10.2 Å². The van der Waals surface area contributed by atoms with Crippen LogP contribution in [0.15, 0.2) is 41.9 Å². The van der Waals surface area contributed by atoms with E-state index in [0.717, 1.165) is 23.1 Å². The Bertz CT molecular complexity index is 1040. The van der Waals surface area contributed by atoms with E-state index >= 15 is 0 Å². The first kappa shape index (κ1) is 19.5. The average molecular weight is 408 g/mol. The third-order valence-electron chi connectivity index (χ3n) is 4.27. The normalized spacial score (nSPS) is 15.4.